The van der Waals surface area contributed by atoms with Crippen molar-refractivity contribution >= 4 is 17.5 Å². The van der Waals surface area contributed by atoms with Crippen molar-refractivity contribution < 1.29 is 13.9 Å². The molecule has 0 unspecified atom stereocenters. The van der Waals surface area contributed by atoms with Crippen LogP contribution in [0.4, 0.5) is 4.39 Å². The zero-order chi connectivity index (χ0) is 15.2. The maximum Gasteiger partial charge on any atom is 0.272 e. The number of carbonyl (C=O) groups excluding carboxylic acids is 1. The predicted octanol–water partition coefficient (Wildman–Crippen LogP) is 3.03. The van der Waals surface area contributed by atoms with Crippen molar-refractivity contribution in [3.63, 3.8) is 0 Å². The first-order valence-corrected chi connectivity index (χ1v) is 6.70. The highest BCUT2D eigenvalue weighted by molar-refractivity contribution is 6.29. The summed E-state index contributed by atoms with van der Waals surface area (Å²) in [6.07, 6.45) is 0. The molecule has 0 aliphatic heterocycles. The molecule has 1 aromatic carbocycles. The normalized spacial score (nSPS) is 10.2. The topological polar surface area (TPSA) is 42.4 Å². The Bertz CT molecular complexity index is 619. The summed E-state index contributed by atoms with van der Waals surface area (Å²) in [5, 5.41) is 0.275. The van der Waals surface area contributed by atoms with Crippen LogP contribution in [0.1, 0.15) is 10.5 Å². The molecule has 2 rings (SSSR count). The molecular formula is C15H14ClFN2O2. The summed E-state index contributed by atoms with van der Waals surface area (Å²) in [5.41, 5.74) is 0.284. The molecule has 0 radical (unpaired) electrons. The van der Waals surface area contributed by atoms with E-state index in [2.05, 4.69) is 4.98 Å². The van der Waals surface area contributed by atoms with Crippen molar-refractivity contribution in [1.29, 1.82) is 0 Å². The van der Waals surface area contributed by atoms with Crippen molar-refractivity contribution in [2.75, 3.05) is 20.2 Å². The van der Waals surface area contributed by atoms with Gasteiger partial charge in [0, 0.05) is 7.05 Å². The van der Waals surface area contributed by atoms with Gasteiger partial charge in [-0.25, -0.2) is 9.37 Å². The molecule has 0 spiro atoms. The fourth-order valence-electron chi connectivity index (χ4n) is 1.66. The van der Waals surface area contributed by atoms with Crippen LogP contribution >= 0.6 is 11.6 Å². The van der Waals surface area contributed by atoms with Crippen molar-refractivity contribution in [3.05, 3.63) is 59.1 Å². The molecule has 6 heteroatoms. The molecule has 0 N–H and O–H groups in total. The molecule has 0 aliphatic rings. The van der Waals surface area contributed by atoms with E-state index in [1.165, 1.54) is 29.2 Å². The van der Waals surface area contributed by atoms with Gasteiger partial charge < -0.3 is 9.64 Å². The van der Waals surface area contributed by atoms with Crippen LogP contribution in [0.2, 0.25) is 5.15 Å². The lowest BCUT2D eigenvalue weighted by molar-refractivity contribution is 0.0768. The molecule has 0 fully saturated rings. The summed E-state index contributed by atoms with van der Waals surface area (Å²) in [7, 11) is 1.65. The minimum absolute atomic E-state index is 0.236. The maximum absolute atomic E-state index is 12.7. The molecule has 21 heavy (non-hydrogen) atoms. The molecule has 0 saturated heterocycles. The van der Waals surface area contributed by atoms with Gasteiger partial charge in [0.05, 0.1) is 6.54 Å². The number of amides is 1. The Balaban J connectivity index is 1.85. The SMILES string of the molecule is CN(CCOc1ccc(F)cc1)C(=O)c1cccc(Cl)n1. The van der Waals surface area contributed by atoms with Gasteiger partial charge in [-0.1, -0.05) is 17.7 Å². The van der Waals surface area contributed by atoms with Gasteiger partial charge in [-0.05, 0) is 36.4 Å². The molecule has 0 saturated carbocycles. The molecule has 4 nitrogen and oxygen atoms in total. The van der Waals surface area contributed by atoms with Crippen LogP contribution in [0.25, 0.3) is 0 Å². The number of ether oxygens (including phenoxy) is 1. The third-order valence-corrected chi connectivity index (χ3v) is 3.00. The van der Waals surface area contributed by atoms with Crippen LogP contribution in [0.3, 0.4) is 0 Å². The zero-order valence-electron chi connectivity index (χ0n) is 11.4. The molecule has 0 bridgehead atoms. The van der Waals surface area contributed by atoms with E-state index in [-0.39, 0.29) is 22.6 Å². The molecule has 0 aliphatic carbocycles. The van der Waals surface area contributed by atoms with Gasteiger partial charge in [0.2, 0.25) is 0 Å². The minimum atomic E-state index is -0.318. The van der Waals surface area contributed by atoms with E-state index < -0.39 is 0 Å². The van der Waals surface area contributed by atoms with Gasteiger partial charge in [-0.2, -0.15) is 0 Å². The standard InChI is InChI=1S/C15H14ClFN2O2/c1-19(15(20)13-3-2-4-14(16)18-13)9-10-21-12-7-5-11(17)6-8-12/h2-8H,9-10H2,1H3. The Morgan fingerprint density at radius 3 is 2.67 bits per heavy atom. The fourth-order valence-corrected chi connectivity index (χ4v) is 1.82. The quantitative estimate of drug-likeness (QED) is 0.797. The number of aromatic nitrogens is 1. The number of likely N-dealkylation sites (N-methyl/N-ethyl adjacent to an activating group) is 1. The van der Waals surface area contributed by atoms with Crippen LogP contribution in [0.15, 0.2) is 42.5 Å². The average Bonchev–Trinajstić information content (AvgIpc) is 2.48. The Hall–Kier alpha value is -2.14. The van der Waals surface area contributed by atoms with Crippen molar-refractivity contribution in [2.45, 2.75) is 0 Å². The molecule has 1 amide bonds. The summed E-state index contributed by atoms with van der Waals surface area (Å²) >= 11 is 5.75. The van der Waals surface area contributed by atoms with Crippen LogP contribution in [0, 0.1) is 5.82 Å². The summed E-state index contributed by atoms with van der Waals surface area (Å²) in [5.74, 6) is 0.0000113. The average molecular weight is 309 g/mol. The molecular weight excluding hydrogens is 295 g/mol. The lowest BCUT2D eigenvalue weighted by Crippen LogP contribution is -2.31. The number of carbonyl (C=O) groups is 1. The molecule has 0 atom stereocenters. The van der Waals surface area contributed by atoms with Crippen LogP contribution in [-0.2, 0) is 0 Å². The first kappa shape index (κ1) is 15.3. The number of halogens is 2. The van der Waals surface area contributed by atoms with Gasteiger partial charge in [-0.3, -0.25) is 4.79 Å². The summed E-state index contributed by atoms with van der Waals surface area (Å²) < 4.78 is 18.2. The molecule has 1 heterocycles. The van der Waals surface area contributed by atoms with E-state index in [0.717, 1.165) is 0 Å². The summed E-state index contributed by atoms with van der Waals surface area (Å²) in [4.78, 5) is 17.5. The second-order valence-electron chi connectivity index (χ2n) is 4.37. The first-order valence-electron chi connectivity index (χ1n) is 6.32. The number of pyridine rings is 1. The monoisotopic (exact) mass is 308 g/mol. The third-order valence-electron chi connectivity index (χ3n) is 2.79. The molecule has 2 aromatic rings. The van der Waals surface area contributed by atoms with Crippen LogP contribution in [-0.4, -0.2) is 36.0 Å². The molecule has 110 valence electrons. The van der Waals surface area contributed by atoms with E-state index in [9.17, 15) is 9.18 Å². The maximum atomic E-state index is 12.7. The van der Waals surface area contributed by atoms with Gasteiger partial charge in [-0.15, -0.1) is 0 Å². The number of hydrogen-bond acceptors (Lipinski definition) is 3. The number of nitrogens with zero attached hydrogens (tertiary/aromatic N) is 2. The van der Waals surface area contributed by atoms with E-state index in [0.29, 0.717) is 18.9 Å². The Labute approximate surface area is 127 Å². The second kappa shape index (κ2) is 7.04. The Morgan fingerprint density at radius 1 is 1.29 bits per heavy atom. The number of rotatable bonds is 5. The third kappa shape index (κ3) is 4.43. The van der Waals surface area contributed by atoms with E-state index in [1.54, 1.807) is 25.2 Å². The summed E-state index contributed by atoms with van der Waals surface area (Å²) in [6, 6.07) is 10.6. The van der Waals surface area contributed by atoms with E-state index in [4.69, 9.17) is 16.3 Å². The van der Waals surface area contributed by atoms with Gasteiger partial charge in [0.25, 0.3) is 5.91 Å². The molecule has 1 aromatic heterocycles. The minimum Gasteiger partial charge on any atom is -0.492 e. The Morgan fingerprint density at radius 2 is 2.00 bits per heavy atom. The van der Waals surface area contributed by atoms with Crippen LogP contribution < -0.4 is 4.74 Å². The van der Waals surface area contributed by atoms with E-state index in [1.807, 2.05) is 0 Å². The highest BCUT2D eigenvalue weighted by Gasteiger charge is 2.13. The first-order chi connectivity index (χ1) is 10.1. The highest BCUT2D eigenvalue weighted by Crippen LogP contribution is 2.11. The van der Waals surface area contributed by atoms with Gasteiger partial charge in [0.15, 0.2) is 0 Å². The van der Waals surface area contributed by atoms with Crippen molar-refractivity contribution in [3.8, 4) is 5.75 Å². The summed E-state index contributed by atoms with van der Waals surface area (Å²) in [6.45, 7) is 0.679. The van der Waals surface area contributed by atoms with Crippen molar-refractivity contribution in [1.82, 2.24) is 9.88 Å². The van der Waals surface area contributed by atoms with Crippen LogP contribution in [0.5, 0.6) is 5.75 Å². The van der Waals surface area contributed by atoms with Gasteiger partial charge >= 0.3 is 0 Å². The van der Waals surface area contributed by atoms with Crippen molar-refractivity contribution in [2.24, 2.45) is 0 Å². The lowest BCUT2D eigenvalue weighted by Gasteiger charge is -2.17. The predicted molar refractivity (Wildman–Crippen MR) is 78.1 cm³/mol. The largest absolute Gasteiger partial charge is 0.492 e. The van der Waals surface area contributed by atoms with E-state index >= 15 is 0 Å². The smallest absolute Gasteiger partial charge is 0.272 e. The second-order valence-corrected chi connectivity index (χ2v) is 4.76. The number of benzene rings is 1. The van der Waals surface area contributed by atoms with Gasteiger partial charge in [0.1, 0.15) is 29.0 Å². The highest BCUT2D eigenvalue weighted by atomic mass is 35.5. The number of hydrogen-bond donors (Lipinski definition) is 0. The fraction of sp³-hybridized carbons (Fsp3) is 0.200. The Kier molecular flexibility index (Phi) is 5.11. The lowest BCUT2D eigenvalue weighted by atomic mass is 10.3. The zero-order valence-corrected chi connectivity index (χ0v) is 12.2.